The van der Waals surface area contributed by atoms with Crippen molar-refractivity contribution < 1.29 is 14.3 Å². The summed E-state index contributed by atoms with van der Waals surface area (Å²) in [6, 6.07) is 23.1. The summed E-state index contributed by atoms with van der Waals surface area (Å²) >= 11 is 0. The van der Waals surface area contributed by atoms with Gasteiger partial charge in [0.2, 0.25) is 0 Å². The van der Waals surface area contributed by atoms with E-state index in [0.717, 1.165) is 16.7 Å². The van der Waals surface area contributed by atoms with Crippen molar-refractivity contribution in [1.29, 1.82) is 0 Å². The lowest BCUT2D eigenvalue weighted by molar-refractivity contribution is -0.153. The van der Waals surface area contributed by atoms with Gasteiger partial charge in [0.25, 0.3) is 11.8 Å². The molecule has 0 aliphatic carbocycles. The zero-order chi connectivity index (χ0) is 21.0. The van der Waals surface area contributed by atoms with Crippen LogP contribution in [0.2, 0.25) is 0 Å². The molecule has 3 aromatic rings. The summed E-state index contributed by atoms with van der Waals surface area (Å²) < 4.78 is 5.90. The maximum Gasteiger partial charge on any atom is 0.272 e. The van der Waals surface area contributed by atoms with Crippen LogP contribution in [0, 0.1) is 0 Å². The van der Waals surface area contributed by atoms with Gasteiger partial charge in [-0.3, -0.25) is 14.6 Å². The zero-order valence-electron chi connectivity index (χ0n) is 16.5. The fourth-order valence-electron chi connectivity index (χ4n) is 3.77. The van der Waals surface area contributed by atoms with E-state index < -0.39 is 11.5 Å². The molecule has 6 nitrogen and oxygen atoms in total. The Hall–Kier alpha value is -3.51. The number of benzene rings is 2. The third-order valence-corrected chi connectivity index (χ3v) is 5.33. The van der Waals surface area contributed by atoms with Crippen LogP contribution in [0.3, 0.4) is 0 Å². The maximum atomic E-state index is 12.9. The molecule has 152 valence electrons. The number of hydrogen-bond donors (Lipinski definition) is 1. The lowest BCUT2D eigenvalue weighted by Crippen LogP contribution is -2.61. The Bertz CT molecular complexity index is 1040. The van der Waals surface area contributed by atoms with Crippen LogP contribution in [-0.2, 0) is 16.0 Å². The molecule has 1 fully saturated rings. The normalized spacial score (nSPS) is 18.7. The first kappa shape index (κ1) is 19.8. The largest absolute Gasteiger partial charge is 0.367 e. The second-order valence-corrected chi connectivity index (χ2v) is 7.39. The SMILES string of the molecule is NC(=O)C1(Cc2cccc(-c3ccccc3)c2)CN(C(=O)c2ccccn2)CCO1. The Kier molecular flexibility index (Phi) is 5.59. The van der Waals surface area contributed by atoms with Crippen molar-refractivity contribution in [2.45, 2.75) is 12.0 Å². The molecule has 1 saturated heterocycles. The highest BCUT2D eigenvalue weighted by Crippen LogP contribution is 2.27. The summed E-state index contributed by atoms with van der Waals surface area (Å²) in [6.45, 7) is 0.710. The van der Waals surface area contributed by atoms with Gasteiger partial charge in [0.1, 0.15) is 5.69 Å². The molecule has 4 rings (SSSR count). The molecule has 1 aromatic heterocycles. The zero-order valence-corrected chi connectivity index (χ0v) is 16.5. The lowest BCUT2D eigenvalue weighted by Gasteiger charge is -2.40. The third-order valence-electron chi connectivity index (χ3n) is 5.33. The van der Waals surface area contributed by atoms with Gasteiger partial charge < -0.3 is 15.4 Å². The van der Waals surface area contributed by atoms with Crippen molar-refractivity contribution in [3.63, 3.8) is 0 Å². The minimum atomic E-state index is -1.28. The molecular formula is C24H23N3O3. The van der Waals surface area contributed by atoms with E-state index in [-0.39, 0.29) is 25.5 Å². The van der Waals surface area contributed by atoms with Crippen LogP contribution in [-0.4, -0.2) is 47.0 Å². The predicted octanol–water partition coefficient (Wildman–Crippen LogP) is 2.69. The van der Waals surface area contributed by atoms with E-state index in [4.69, 9.17) is 10.5 Å². The summed E-state index contributed by atoms with van der Waals surface area (Å²) in [7, 11) is 0. The molecule has 30 heavy (non-hydrogen) atoms. The molecular weight excluding hydrogens is 378 g/mol. The molecule has 2 aromatic carbocycles. The standard InChI is InChI=1S/C24H23N3O3/c25-23(29)24(16-18-7-6-10-20(15-18)19-8-2-1-3-9-19)17-27(13-14-30-24)22(28)21-11-4-5-12-26-21/h1-12,15H,13-14,16-17H2,(H2,25,29). The minimum absolute atomic E-state index is 0.0906. The van der Waals surface area contributed by atoms with E-state index >= 15 is 0 Å². The summed E-state index contributed by atoms with van der Waals surface area (Å²) in [5.74, 6) is -0.811. The first-order valence-corrected chi connectivity index (χ1v) is 9.86. The molecule has 2 heterocycles. The van der Waals surface area contributed by atoms with Crippen LogP contribution in [0.25, 0.3) is 11.1 Å². The molecule has 0 radical (unpaired) electrons. The average molecular weight is 401 g/mol. The average Bonchev–Trinajstić information content (AvgIpc) is 2.80. The molecule has 2 amide bonds. The van der Waals surface area contributed by atoms with Gasteiger partial charge in [-0.05, 0) is 28.8 Å². The second-order valence-electron chi connectivity index (χ2n) is 7.39. The number of hydrogen-bond acceptors (Lipinski definition) is 4. The summed E-state index contributed by atoms with van der Waals surface area (Å²) in [4.78, 5) is 31.1. The van der Waals surface area contributed by atoms with Crippen molar-refractivity contribution >= 4 is 11.8 Å². The minimum Gasteiger partial charge on any atom is -0.367 e. The van der Waals surface area contributed by atoms with Crippen LogP contribution in [0.1, 0.15) is 16.1 Å². The Morgan fingerprint density at radius 1 is 1.00 bits per heavy atom. The van der Waals surface area contributed by atoms with Crippen LogP contribution in [0.15, 0.2) is 79.0 Å². The number of carbonyl (C=O) groups excluding carboxylic acids is 2. The van der Waals surface area contributed by atoms with Crippen LogP contribution >= 0.6 is 0 Å². The van der Waals surface area contributed by atoms with Crippen molar-refractivity contribution in [3.05, 3.63) is 90.3 Å². The van der Waals surface area contributed by atoms with E-state index in [2.05, 4.69) is 4.98 Å². The Morgan fingerprint density at radius 2 is 1.77 bits per heavy atom. The molecule has 0 bridgehead atoms. The van der Waals surface area contributed by atoms with Gasteiger partial charge in [0.15, 0.2) is 5.60 Å². The first-order valence-electron chi connectivity index (χ1n) is 9.86. The topological polar surface area (TPSA) is 85.5 Å². The van der Waals surface area contributed by atoms with Gasteiger partial charge in [0.05, 0.1) is 13.2 Å². The Labute approximate surface area is 175 Å². The maximum absolute atomic E-state index is 12.9. The van der Waals surface area contributed by atoms with E-state index in [1.807, 2.05) is 54.6 Å². The van der Waals surface area contributed by atoms with Gasteiger partial charge in [-0.25, -0.2) is 0 Å². The molecule has 1 aliphatic heterocycles. The van der Waals surface area contributed by atoms with Crippen molar-refractivity contribution in [2.75, 3.05) is 19.7 Å². The first-order chi connectivity index (χ1) is 14.6. The fourth-order valence-corrected chi connectivity index (χ4v) is 3.77. The van der Waals surface area contributed by atoms with Crippen LogP contribution < -0.4 is 5.73 Å². The molecule has 0 spiro atoms. The number of nitrogens with zero attached hydrogens (tertiary/aromatic N) is 2. The quantitative estimate of drug-likeness (QED) is 0.712. The van der Waals surface area contributed by atoms with Crippen molar-refractivity contribution in [3.8, 4) is 11.1 Å². The smallest absolute Gasteiger partial charge is 0.272 e. The Balaban J connectivity index is 1.59. The van der Waals surface area contributed by atoms with Crippen molar-refractivity contribution in [2.24, 2.45) is 5.73 Å². The third kappa shape index (κ3) is 4.09. The monoisotopic (exact) mass is 401 g/mol. The molecule has 2 N–H and O–H groups in total. The highest BCUT2D eigenvalue weighted by Gasteiger charge is 2.44. The number of pyridine rings is 1. The number of rotatable bonds is 5. The number of carbonyl (C=O) groups is 2. The number of aromatic nitrogens is 1. The van der Waals surface area contributed by atoms with E-state index in [0.29, 0.717) is 12.2 Å². The van der Waals surface area contributed by atoms with Crippen LogP contribution in [0.5, 0.6) is 0 Å². The van der Waals surface area contributed by atoms with E-state index in [1.165, 1.54) is 0 Å². The number of ether oxygens (including phenoxy) is 1. The number of morpholine rings is 1. The summed E-state index contributed by atoms with van der Waals surface area (Å²) in [6.07, 6.45) is 1.86. The summed E-state index contributed by atoms with van der Waals surface area (Å²) in [5, 5.41) is 0. The molecule has 1 unspecified atom stereocenters. The van der Waals surface area contributed by atoms with E-state index in [1.54, 1.807) is 29.3 Å². The van der Waals surface area contributed by atoms with Gasteiger partial charge in [0, 0.05) is 19.2 Å². The number of amides is 2. The van der Waals surface area contributed by atoms with Crippen LogP contribution in [0.4, 0.5) is 0 Å². The van der Waals surface area contributed by atoms with Crippen molar-refractivity contribution in [1.82, 2.24) is 9.88 Å². The predicted molar refractivity (Wildman–Crippen MR) is 114 cm³/mol. The lowest BCUT2D eigenvalue weighted by atomic mass is 9.90. The molecule has 1 atom stereocenters. The van der Waals surface area contributed by atoms with Gasteiger partial charge in [-0.2, -0.15) is 0 Å². The number of primary amides is 1. The van der Waals surface area contributed by atoms with Gasteiger partial charge >= 0.3 is 0 Å². The highest BCUT2D eigenvalue weighted by atomic mass is 16.5. The second kappa shape index (κ2) is 8.47. The Morgan fingerprint density at radius 3 is 2.50 bits per heavy atom. The van der Waals surface area contributed by atoms with Gasteiger partial charge in [-0.1, -0.05) is 60.7 Å². The van der Waals surface area contributed by atoms with Gasteiger partial charge in [-0.15, -0.1) is 0 Å². The molecule has 0 saturated carbocycles. The summed E-state index contributed by atoms with van der Waals surface area (Å²) in [5.41, 5.74) is 7.89. The highest BCUT2D eigenvalue weighted by molar-refractivity contribution is 5.93. The van der Waals surface area contributed by atoms with E-state index in [9.17, 15) is 9.59 Å². The molecule has 6 heteroatoms. The fraction of sp³-hybridized carbons (Fsp3) is 0.208. The number of nitrogens with two attached hydrogens (primary N) is 1. The molecule has 1 aliphatic rings.